The van der Waals surface area contributed by atoms with E-state index in [2.05, 4.69) is 41.5 Å². The van der Waals surface area contributed by atoms with Crippen molar-refractivity contribution in [2.75, 3.05) is 5.32 Å². The molecule has 1 N–H and O–H groups in total. The highest BCUT2D eigenvalue weighted by atomic mass is 16.6. The molecule has 0 saturated carbocycles. The van der Waals surface area contributed by atoms with Gasteiger partial charge in [-0.15, -0.1) is 0 Å². The van der Waals surface area contributed by atoms with Crippen LogP contribution < -0.4 is 5.32 Å². The molecule has 1 unspecified atom stereocenters. The van der Waals surface area contributed by atoms with Crippen molar-refractivity contribution in [2.24, 2.45) is 0 Å². The summed E-state index contributed by atoms with van der Waals surface area (Å²) in [4.78, 5) is 14.9. The largest absolute Gasteiger partial charge is 0.376 e. The summed E-state index contributed by atoms with van der Waals surface area (Å²) in [5.74, 6) is 0. The molecule has 3 rings (SSSR count). The maximum absolute atomic E-state index is 10.8. The van der Waals surface area contributed by atoms with Crippen molar-refractivity contribution in [1.29, 1.82) is 0 Å². The van der Waals surface area contributed by atoms with Gasteiger partial charge in [-0.2, -0.15) is 0 Å². The lowest BCUT2D eigenvalue weighted by atomic mass is 10.0. The van der Waals surface area contributed by atoms with E-state index in [4.69, 9.17) is 0 Å². The molecule has 0 bridgehead atoms. The highest BCUT2D eigenvalue weighted by Crippen LogP contribution is 2.24. The number of aryl methyl sites for hydroxylation is 1. The lowest BCUT2D eigenvalue weighted by Crippen LogP contribution is -2.15. The van der Waals surface area contributed by atoms with Gasteiger partial charge in [-0.1, -0.05) is 35.9 Å². The van der Waals surface area contributed by atoms with Crippen molar-refractivity contribution < 1.29 is 4.92 Å². The van der Waals surface area contributed by atoms with E-state index < -0.39 is 4.92 Å². The molecule has 0 aliphatic heterocycles. The van der Waals surface area contributed by atoms with Gasteiger partial charge in [0.05, 0.1) is 16.7 Å². The summed E-state index contributed by atoms with van der Waals surface area (Å²) in [5, 5.41) is 14.2. The molecule has 0 radical (unpaired) electrons. The fraction of sp³-hybridized carbons (Fsp3) is 0.150. The van der Waals surface area contributed by atoms with Crippen LogP contribution >= 0.6 is 0 Å². The van der Waals surface area contributed by atoms with Gasteiger partial charge in [0, 0.05) is 24.0 Å². The van der Waals surface area contributed by atoms with Crippen LogP contribution in [0.3, 0.4) is 0 Å². The topological polar surface area (TPSA) is 68.1 Å². The third kappa shape index (κ3) is 4.41. The number of non-ortho nitro benzene ring substituents is 1. The van der Waals surface area contributed by atoms with E-state index in [1.54, 1.807) is 18.3 Å². The molecular weight excluding hydrogens is 314 g/mol. The molecule has 1 heterocycles. The normalized spacial score (nSPS) is 11.7. The molecule has 0 saturated heterocycles. The molecule has 1 atom stereocenters. The average molecular weight is 333 g/mol. The standard InChI is InChI=1S/C20H19N3O2/c1-15-5-7-16(8-6-15)14-20(19-4-2-3-13-21-19)22-17-9-11-18(12-10-17)23(24)25/h2-13,20,22H,14H2,1H3. The number of nitrogens with zero attached hydrogens (tertiary/aromatic N) is 2. The quantitative estimate of drug-likeness (QED) is 0.525. The van der Waals surface area contributed by atoms with E-state index in [1.165, 1.54) is 23.3 Å². The Labute approximate surface area is 146 Å². The Morgan fingerprint density at radius 2 is 1.76 bits per heavy atom. The highest BCUT2D eigenvalue weighted by Gasteiger charge is 2.14. The Kier molecular flexibility index (Phi) is 5.04. The van der Waals surface area contributed by atoms with Gasteiger partial charge in [0.2, 0.25) is 0 Å². The van der Waals surface area contributed by atoms with Crippen LogP contribution in [-0.4, -0.2) is 9.91 Å². The molecule has 1 aromatic heterocycles. The SMILES string of the molecule is Cc1ccc(CC(Nc2ccc([N+](=O)[O-])cc2)c2ccccn2)cc1. The number of anilines is 1. The van der Waals surface area contributed by atoms with Crippen LogP contribution in [-0.2, 0) is 6.42 Å². The molecule has 2 aromatic carbocycles. The summed E-state index contributed by atoms with van der Waals surface area (Å²) < 4.78 is 0. The van der Waals surface area contributed by atoms with Crippen molar-refractivity contribution in [3.8, 4) is 0 Å². The minimum absolute atomic E-state index is 0.0228. The average Bonchev–Trinajstić information content (AvgIpc) is 2.64. The third-order valence-electron chi connectivity index (χ3n) is 4.02. The number of hydrogen-bond donors (Lipinski definition) is 1. The number of nitrogens with one attached hydrogen (secondary N) is 1. The van der Waals surface area contributed by atoms with Crippen molar-refractivity contribution in [2.45, 2.75) is 19.4 Å². The smallest absolute Gasteiger partial charge is 0.269 e. The van der Waals surface area contributed by atoms with Gasteiger partial charge in [0.1, 0.15) is 0 Å². The zero-order valence-electron chi connectivity index (χ0n) is 13.9. The first-order chi connectivity index (χ1) is 12.1. The molecule has 25 heavy (non-hydrogen) atoms. The molecule has 0 aliphatic rings. The van der Waals surface area contributed by atoms with E-state index in [1.807, 2.05) is 18.2 Å². The maximum atomic E-state index is 10.8. The van der Waals surface area contributed by atoms with Crippen molar-refractivity contribution in [1.82, 2.24) is 4.98 Å². The van der Waals surface area contributed by atoms with Crippen LogP contribution in [0, 0.1) is 17.0 Å². The van der Waals surface area contributed by atoms with Crippen LogP contribution in [0.15, 0.2) is 72.9 Å². The van der Waals surface area contributed by atoms with E-state index >= 15 is 0 Å². The monoisotopic (exact) mass is 333 g/mol. The van der Waals surface area contributed by atoms with E-state index in [0.717, 1.165) is 17.8 Å². The van der Waals surface area contributed by atoms with Gasteiger partial charge >= 0.3 is 0 Å². The summed E-state index contributed by atoms with van der Waals surface area (Å²) in [6.07, 6.45) is 2.54. The zero-order chi connectivity index (χ0) is 17.6. The minimum Gasteiger partial charge on any atom is -0.376 e. The number of rotatable bonds is 6. The van der Waals surface area contributed by atoms with Gasteiger partial charge in [-0.05, 0) is 43.2 Å². The minimum atomic E-state index is -0.397. The lowest BCUT2D eigenvalue weighted by Gasteiger charge is -2.20. The molecular formula is C20H19N3O2. The van der Waals surface area contributed by atoms with Crippen molar-refractivity contribution >= 4 is 11.4 Å². The number of nitro groups is 1. The Morgan fingerprint density at radius 3 is 2.36 bits per heavy atom. The summed E-state index contributed by atoms with van der Waals surface area (Å²) in [6.45, 7) is 2.06. The second kappa shape index (κ2) is 7.57. The number of aromatic nitrogens is 1. The predicted octanol–water partition coefficient (Wildman–Crippen LogP) is 4.69. The van der Waals surface area contributed by atoms with Crippen LogP contribution in [0.25, 0.3) is 0 Å². The molecule has 0 fully saturated rings. The fourth-order valence-corrected chi connectivity index (χ4v) is 2.65. The van der Waals surface area contributed by atoms with Crippen LogP contribution in [0.1, 0.15) is 22.9 Å². The highest BCUT2D eigenvalue weighted by molar-refractivity contribution is 5.50. The molecule has 5 heteroatoms. The van der Waals surface area contributed by atoms with Gasteiger partial charge in [-0.25, -0.2) is 0 Å². The molecule has 126 valence electrons. The van der Waals surface area contributed by atoms with E-state index in [-0.39, 0.29) is 11.7 Å². The molecule has 0 amide bonds. The molecule has 3 aromatic rings. The Balaban J connectivity index is 1.83. The lowest BCUT2D eigenvalue weighted by molar-refractivity contribution is -0.384. The van der Waals surface area contributed by atoms with Crippen LogP contribution in [0.2, 0.25) is 0 Å². The first-order valence-electron chi connectivity index (χ1n) is 8.09. The Bertz CT molecular complexity index is 831. The summed E-state index contributed by atoms with van der Waals surface area (Å²) in [7, 11) is 0. The van der Waals surface area contributed by atoms with Gasteiger partial charge in [0.25, 0.3) is 5.69 Å². The predicted molar refractivity (Wildman–Crippen MR) is 98.6 cm³/mol. The number of benzene rings is 2. The van der Waals surface area contributed by atoms with Gasteiger partial charge in [-0.3, -0.25) is 15.1 Å². The first kappa shape index (κ1) is 16.6. The van der Waals surface area contributed by atoms with Gasteiger partial charge < -0.3 is 5.32 Å². The second-order valence-corrected chi connectivity index (χ2v) is 5.95. The summed E-state index contributed by atoms with van der Waals surface area (Å²) in [6, 6.07) is 20.7. The Hall–Kier alpha value is -3.21. The first-order valence-corrected chi connectivity index (χ1v) is 8.09. The van der Waals surface area contributed by atoms with Crippen molar-refractivity contribution in [3.05, 3.63) is 99.9 Å². The third-order valence-corrected chi connectivity index (χ3v) is 4.02. The van der Waals surface area contributed by atoms with Crippen LogP contribution in [0.4, 0.5) is 11.4 Å². The van der Waals surface area contributed by atoms with E-state index in [0.29, 0.717) is 0 Å². The molecule has 0 aliphatic carbocycles. The number of nitro benzene ring substituents is 1. The molecule has 0 spiro atoms. The van der Waals surface area contributed by atoms with Crippen LogP contribution in [0.5, 0.6) is 0 Å². The van der Waals surface area contributed by atoms with E-state index in [9.17, 15) is 10.1 Å². The summed E-state index contributed by atoms with van der Waals surface area (Å²) in [5.41, 5.74) is 4.27. The zero-order valence-corrected chi connectivity index (χ0v) is 13.9. The number of pyridine rings is 1. The Morgan fingerprint density at radius 1 is 1.04 bits per heavy atom. The maximum Gasteiger partial charge on any atom is 0.269 e. The van der Waals surface area contributed by atoms with Crippen molar-refractivity contribution in [3.63, 3.8) is 0 Å². The van der Waals surface area contributed by atoms with Gasteiger partial charge in [0.15, 0.2) is 0 Å². The second-order valence-electron chi connectivity index (χ2n) is 5.95. The number of hydrogen-bond acceptors (Lipinski definition) is 4. The fourth-order valence-electron chi connectivity index (χ4n) is 2.65. The summed E-state index contributed by atoms with van der Waals surface area (Å²) >= 11 is 0. The molecule has 5 nitrogen and oxygen atoms in total.